The Morgan fingerprint density at radius 1 is 1.58 bits per heavy atom. The topological polar surface area (TPSA) is 64.9 Å². The maximum Gasteiger partial charge on any atom is 0.247 e. The van der Waals surface area contributed by atoms with Gasteiger partial charge in [-0.2, -0.15) is 0 Å². The molecule has 12 heavy (non-hydrogen) atoms. The van der Waals surface area contributed by atoms with Gasteiger partial charge in [0.05, 0.1) is 6.54 Å². The molecule has 2 aromatic rings. The molecule has 2 heterocycles. The van der Waals surface area contributed by atoms with E-state index in [9.17, 15) is 0 Å². The van der Waals surface area contributed by atoms with Crippen LogP contribution in [0.25, 0.3) is 11.2 Å². The Labute approximate surface area is 76.9 Å². The van der Waals surface area contributed by atoms with E-state index < -0.39 is 0 Å². The highest BCUT2D eigenvalue weighted by molar-refractivity contribution is 9.10. The molecule has 0 unspecified atom stereocenters. The lowest BCUT2D eigenvalue weighted by Gasteiger charge is -1.85. The van der Waals surface area contributed by atoms with Crippen LogP contribution in [0.3, 0.4) is 0 Å². The number of hydrogen-bond donors (Lipinski definition) is 1. The first-order chi connectivity index (χ1) is 5.79. The average Bonchev–Trinajstić information content (AvgIpc) is 2.46. The molecule has 0 spiro atoms. The highest BCUT2D eigenvalue weighted by Gasteiger charge is 2.04. The quantitative estimate of drug-likeness (QED) is 0.801. The van der Waals surface area contributed by atoms with E-state index in [0.29, 0.717) is 18.1 Å². The summed E-state index contributed by atoms with van der Waals surface area (Å²) in [6, 6.07) is 1.84. The van der Waals surface area contributed by atoms with Crippen molar-refractivity contribution in [2.75, 3.05) is 0 Å². The van der Waals surface area contributed by atoms with Crippen molar-refractivity contribution in [3.8, 4) is 0 Å². The van der Waals surface area contributed by atoms with Crippen molar-refractivity contribution >= 4 is 27.2 Å². The second-order valence-electron chi connectivity index (χ2n) is 2.29. The van der Waals surface area contributed by atoms with E-state index in [2.05, 4.69) is 25.9 Å². The van der Waals surface area contributed by atoms with Crippen molar-refractivity contribution in [3.05, 3.63) is 22.6 Å². The van der Waals surface area contributed by atoms with Gasteiger partial charge < -0.3 is 10.2 Å². The maximum atomic E-state index is 5.36. The zero-order chi connectivity index (χ0) is 8.55. The highest BCUT2D eigenvalue weighted by Crippen LogP contribution is 2.17. The molecule has 62 valence electrons. The summed E-state index contributed by atoms with van der Waals surface area (Å²) >= 11 is 3.29. The third kappa shape index (κ3) is 1.21. The Kier molecular flexibility index (Phi) is 1.82. The summed E-state index contributed by atoms with van der Waals surface area (Å²) in [6.45, 7) is 0.300. The second kappa shape index (κ2) is 2.84. The fourth-order valence-electron chi connectivity index (χ4n) is 0.931. The largest absolute Gasteiger partial charge is 0.421 e. The molecule has 0 aromatic carbocycles. The summed E-state index contributed by atoms with van der Waals surface area (Å²) in [7, 11) is 0. The third-order valence-electron chi connectivity index (χ3n) is 1.43. The molecule has 0 atom stereocenters. The molecule has 4 nitrogen and oxygen atoms in total. The lowest BCUT2D eigenvalue weighted by Crippen LogP contribution is -1.94. The lowest BCUT2D eigenvalue weighted by atomic mass is 10.4. The first-order valence-corrected chi connectivity index (χ1v) is 4.20. The van der Waals surface area contributed by atoms with Crippen molar-refractivity contribution < 1.29 is 4.42 Å². The van der Waals surface area contributed by atoms with Gasteiger partial charge in [0.1, 0.15) is 5.52 Å². The smallest absolute Gasteiger partial charge is 0.247 e. The Hall–Kier alpha value is -0.940. The van der Waals surface area contributed by atoms with Gasteiger partial charge in [-0.1, -0.05) is 0 Å². The van der Waals surface area contributed by atoms with E-state index in [4.69, 9.17) is 10.2 Å². The number of oxazole rings is 1. The number of fused-ring (bicyclic) bond motifs is 1. The molecule has 0 aliphatic carbocycles. The summed E-state index contributed by atoms with van der Waals surface area (Å²) in [4.78, 5) is 8.13. The van der Waals surface area contributed by atoms with E-state index in [1.54, 1.807) is 6.20 Å². The Morgan fingerprint density at radius 3 is 3.17 bits per heavy atom. The number of pyridine rings is 1. The summed E-state index contributed by atoms with van der Waals surface area (Å²) in [6.07, 6.45) is 1.66. The molecule has 0 bridgehead atoms. The van der Waals surface area contributed by atoms with Crippen LogP contribution in [-0.4, -0.2) is 9.97 Å². The fourth-order valence-corrected chi connectivity index (χ4v) is 1.25. The number of nitrogens with two attached hydrogens (primary N) is 1. The van der Waals surface area contributed by atoms with Crippen LogP contribution in [0.15, 0.2) is 21.2 Å². The van der Waals surface area contributed by atoms with Gasteiger partial charge in [-0.25, -0.2) is 9.97 Å². The van der Waals surface area contributed by atoms with Crippen LogP contribution >= 0.6 is 15.9 Å². The van der Waals surface area contributed by atoms with Crippen LogP contribution in [0.2, 0.25) is 0 Å². The molecule has 2 N–H and O–H groups in total. The van der Waals surface area contributed by atoms with Crippen LogP contribution in [-0.2, 0) is 6.54 Å². The van der Waals surface area contributed by atoms with Gasteiger partial charge in [0, 0.05) is 10.7 Å². The molecule has 0 saturated carbocycles. The minimum Gasteiger partial charge on any atom is -0.421 e. The Balaban J connectivity index is 2.67. The molecular formula is C7H6BrN3O. The van der Waals surface area contributed by atoms with Gasteiger partial charge in [0.25, 0.3) is 0 Å². The van der Waals surface area contributed by atoms with Gasteiger partial charge in [-0.15, -0.1) is 0 Å². The van der Waals surface area contributed by atoms with Crippen molar-refractivity contribution in [2.24, 2.45) is 5.73 Å². The minimum absolute atomic E-state index is 0.300. The van der Waals surface area contributed by atoms with Crippen molar-refractivity contribution in [2.45, 2.75) is 6.54 Å². The predicted octanol–water partition coefficient (Wildman–Crippen LogP) is 1.44. The van der Waals surface area contributed by atoms with Crippen LogP contribution in [0.4, 0.5) is 0 Å². The van der Waals surface area contributed by atoms with Crippen molar-refractivity contribution in [3.63, 3.8) is 0 Å². The Bertz CT molecular complexity index is 412. The van der Waals surface area contributed by atoms with Crippen LogP contribution < -0.4 is 5.73 Å². The average molecular weight is 228 g/mol. The molecule has 0 aliphatic heterocycles. The van der Waals surface area contributed by atoms with Gasteiger partial charge in [0.2, 0.25) is 11.6 Å². The molecule has 0 fully saturated rings. The molecule has 5 heteroatoms. The van der Waals surface area contributed by atoms with Gasteiger partial charge in [0.15, 0.2) is 0 Å². The molecule has 2 aromatic heterocycles. The third-order valence-corrected chi connectivity index (χ3v) is 1.87. The molecule has 0 radical (unpaired) electrons. The number of aromatic nitrogens is 2. The SMILES string of the molecule is NCc1nc2cc(Br)cnc2o1. The second-order valence-corrected chi connectivity index (χ2v) is 3.21. The molecule has 0 saturated heterocycles. The normalized spacial score (nSPS) is 10.8. The van der Waals surface area contributed by atoms with E-state index >= 15 is 0 Å². The monoisotopic (exact) mass is 227 g/mol. The van der Waals surface area contributed by atoms with E-state index in [0.717, 1.165) is 9.99 Å². The van der Waals surface area contributed by atoms with Crippen LogP contribution in [0.1, 0.15) is 5.89 Å². The number of halogens is 1. The number of rotatable bonds is 1. The molecule has 0 aliphatic rings. The zero-order valence-electron chi connectivity index (χ0n) is 6.12. The standard InChI is InChI=1S/C7H6BrN3O/c8-4-1-5-7(10-3-4)12-6(2-9)11-5/h1,3H,2,9H2. The van der Waals surface area contributed by atoms with Gasteiger partial charge in [-0.05, 0) is 22.0 Å². The minimum atomic E-state index is 0.300. The van der Waals surface area contributed by atoms with Gasteiger partial charge >= 0.3 is 0 Å². The summed E-state index contributed by atoms with van der Waals surface area (Å²) in [5, 5.41) is 0. The maximum absolute atomic E-state index is 5.36. The van der Waals surface area contributed by atoms with E-state index in [1.165, 1.54) is 0 Å². The fraction of sp³-hybridized carbons (Fsp3) is 0.143. The highest BCUT2D eigenvalue weighted by atomic mass is 79.9. The number of nitrogens with zero attached hydrogens (tertiary/aromatic N) is 2. The van der Waals surface area contributed by atoms with Crippen LogP contribution in [0, 0.1) is 0 Å². The van der Waals surface area contributed by atoms with Crippen molar-refractivity contribution in [1.82, 2.24) is 9.97 Å². The molecule has 0 amide bonds. The zero-order valence-corrected chi connectivity index (χ0v) is 7.71. The van der Waals surface area contributed by atoms with E-state index in [-0.39, 0.29) is 0 Å². The first-order valence-electron chi connectivity index (χ1n) is 3.40. The first kappa shape index (κ1) is 7.70. The predicted molar refractivity (Wildman–Crippen MR) is 47.4 cm³/mol. The molecule has 2 rings (SSSR count). The van der Waals surface area contributed by atoms with E-state index in [1.807, 2.05) is 6.07 Å². The van der Waals surface area contributed by atoms with Gasteiger partial charge in [-0.3, -0.25) is 0 Å². The summed E-state index contributed by atoms with van der Waals surface area (Å²) in [5.74, 6) is 0.510. The van der Waals surface area contributed by atoms with Crippen molar-refractivity contribution in [1.29, 1.82) is 0 Å². The van der Waals surface area contributed by atoms with Crippen LogP contribution in [0.5, 0.6) is 0 Å². The summed E-state index contributed by atoms with van der Waals surface area (Å²) in [5.41, 5.74) is 6.61. The molecular weight excluding hydrogens is 222 g/mol. The Morgan fingerprint density at radius 2 is 2.42 bits per heavy atom. The lowest BCUT2D eigenvalue weighted by molar-refractivity contribution is 0.525. The number of hydrogen-bond acceptors (Lipinski definition) is 4. The summed E-state index contributed by atoms with van der Waals surface area (Å²) < 4.78 is 6.09.